The van der Waals surface area contributed by atoms with Crippen molar-refractivity contribution in [3.05, 3.63) is 94.1 Å². The molecule has 3 aromatic rings. The number of carboxylic acid groups (broad SMARTS) is 1. The summed E-state index contributed by atoms with van der Waals surface area (Å²) < 4.78 is 92.7. The quantitative estimate of drug-likeness (QED) is 0.255. The number of hydrogen-bond donors (Lipinski definition) is 1. The molecule has 0 unspecified atom stereocenters. The molecule has 3 aromatic carbocycles. The second-order valence-corrected chi connectivity index (χ2v) is 12.7. The fourth-order valence-corrected chi connectivity index (χ4v) is 6.35. The molecule has 0 spiro atoms. The first-order chi connectivity index (χ1) is 21.9. The van der Waals surface area contributed by atoms with Crippen LogP contribution in [0, 0.1) is 5.41 Å². The van der Waals surface area contributed by atoms with E-state index in [0.29, 0.717) is 36.3 Å². The van der Waals surface area contributed by atoms with Gasteiger partial charge in [-0.05, 0) is 102 Å². The summed E-state index contributed by atoms with van der Waals surface area (Å²) in [5, 5.41) is 9.48. The Hall–Kier alpha value is -4.48. The molecule has 1 N–H and O–H groups in total. The van der Waals surface area contributed by atoms with Gasteiger partial charge in [0.1, 0.15) is 11.9 Å². The van der Waals surface area contributed by atoms with E-state index in [1.165, 1.54) is 25.0 Å². The zero-order valence-electron chi connectivity index (χ0n) is 26.1. The molecule has 1 amide bonds. The maximum Gasteiger partial charge on any atom is 0.416 e. The molecule has 0 radical (unpaired) electrons. The first kappa shape index (κ1) is 33.9. The number of nitrogens with zero attached hydrogens (tertiary/aromatic N) is 1. The van der Waals surface area contributed by atoms with E-state index >= 15 is 0 Å². The van der Waals surface area contributed by atoms with Crippen molar-refractivity contribution in [1.82, 2.24) is 4.90 Å². The smallest absolute Gasteiger partial charge is 0.416 e. The minimum Gasteiger partial charge on any atom is -0.496 e. The Labute approximate surface area is 267 Å². The van der Waals surface area contributed by atoms with Crippen LogP contribution in [0.2, 0.25) is 0 Å². The standard InChI is InChI=1S/C35H33F6NO5/c1-19-30(23-13-25(34(36,37)38)16-26(14-23)35(39,40)41)47-32(45)42(19)18-24-17-33(2,3)11-10-27(24)28-15-21(8-9-29(28)46-4)20-6-5-7-22(12-20)31(43)44/h5-9,12-16,19,30H,10-11,17-18H2,1-4H3,(H,43,44)/t19-,30-/m0/s1. The first-order valence-corrected chi connectivity index (χ1v) is 14.9. The van der Waals surface area contributed by atoms with E-state index in [1.54, 1.807) is 24.3 Å². The Morgan fingerprint density at radius 1 is 0.979 bits per heavy atom. The van der Waals surface area contributed by atoms with Gasteiger partial charge in [-0.3, -0.25) is 4.90 Å². The van der Waals surface area contributed by atoms with Crippen molar-refractivity contribution in [1.29, 1.82) is 0 Å². The lowest BCUT2D eigenvalue weighted by Gasteiger charge is -2.36. The molecular weight excluding hydrogens is 628 g/mol. The van der Waals surface area contributed by atoms with E-state index in [0.717, 1.165) is 28.7 Å². The minimum atomic E-state index is -5.04. The number of hydrogen-bond acceptors (Lipinski definition) is 4. The van der Waals surface area contributed by atoms with Crippen molar-refractivity contribution in [2.75, 3.05) is 13.7 Å². The molecule has 0 bridgehead atoms. The van der Waals surface area contributed by atoms with Gasteiger partial charge in [0, 0.05) is 12.1 Å². The lowest BCUT2D eigenvalue weighted by molar-refractivity contribution is -0.143. The molecule has 47 heavy (non-hydrogen) atoms. The lowest BCUT2D eigenvalue weighted by Crippen LogP contribution is -2.35. The molecular formula is C35H33F6NO5. The van der Waals surface area contributed by atoms with Crippen LogP contribution in [0.15, 0.2) is 66.2 Å². The zero-order valence-corrected chi connectivity index (χ0v) is 26.1. The Bertz CT molecular complexity index is 1710. The van der Waals surface area contributed by atoms with Gasteiger partial charge in [0.25, 0.3) is 0 Å². The number of cyclic esters (lactones) is 1. The summed E-state index contributed by atoms with van der Waals surface area (Å²) in [4.78, 5) is 26.1. The van der Waals surface area contributed by atoms with Crippen LogP contribution in [-0.4, -0.2) is 41.8 Å². The summed E-state index contributed by atoms with van der Waals surface area (Å²) >= 11 is 0. The fraction of sp³-hybridized carbons (Fsp3) is 0.371. The number of aromatic carboxylic acids is 1. The largest absolute Gasteiger partial charge is 0.496 e. The summed E-state index contributed by atoms with van der Waals surface area (Å²) in [6.45, 7) is 5.71. The van der Waals surface area contributed by atoms with Crippen molar-refractivity contribution in [3.63, 3.8) is 0 Å². The normalized spacial score (nSPS) is 20.0. The zero-order chi connectivity index (χ0) is 34.5. The number of carboxylic acids is 1. The Balaban J connectivity index is 1.55. The number of carbonyl (C=O) groups is 2. The van der Waals surface area contributed by atoms with Gasteiger partial charge >= 0.3 is 24.4 Å². The molecule has 2 aliphatic rings. The van der Waals surface area contributed by atoms with E-state index in [9.17, 15) is 41.0 Å². The highest BCUT2D eigenvalue weighted by Crippen LogP contribution is 2.47. The number of allylic oxidation sites excluding steroid dienone is 1. The summed E-state index contributed by atoms with van der Waals surface area (Å²) in [7, 11) is 1.52. The number of alkyl halides is 6. The van der Waals surface area contributed by atoms with Crippen molar-refractivity contribution >= 4 is 17.6 Å². The van der Waals surface area contributed by atoms with Crippen molar-refractivity contribution in [2.24, 2.45) is 5.41 Å². The molecule has 1 fully saturated rings. The average molecular weight is 662 g/mol. The fourth-order valence-electron chi connectivity index (χ4n) is 6.35. The second kappa shape index (κ2) is 12.3. The van der Waals surface area contributed by atoms with E-state index in [1.807, 2.05) is 12.1 Å². The molecule has 5 rings (SSSR count). The highest BCUT2D eigenvalue weighted by Gasteiger charge is 2.44. The number of benzene rings is 3. The van der Waals surface area contributed by atoms with Crippen molar-refractivity contribution in [3.8, 4) is 16.9 Å². The Morgan fingerprint density at radius 3 is 2.21 bits per heavy atom. The van der Waals surface area contributed by atoms with Crippen molar-refractivity contribution < 1.29 is 50.5 Å². The average Bonchev–Trinajstić information content (AvgIpc) is 3.28. The van der Waals surface area contributed by atoms with Gasteiger partial charge in [-0.15, -0.1) is 0 Å². The summed E-state index contributed by atoms with van der Waals surface area (Å²) in [6.07, 6.45) is -10.4. The van der Waals surface area contributed by atoms with Gasteiger partial charge < -0.3 is 14.6 Å². The van der Waals surface area contributed by atoms with Gasteiger partial charge in [-0.2, -0.15) is 26.3 Å². The maximum absolute atomic E-state index is 13.6. The molecule has 2 atom stereocenters. The number of carbonyl (C=O) groups excluding carboxylic acids is 1. The molecule has 0 saturated carbocycles. The minimum absolute atomic E-state index is 0.0300. The van der Waals surface area contributed by atoms with Crippen LogP contribution in [0.3, 0.4) is 0 Å². The van der Waals surface area contributed by atoms with Crippen LogP contribution in [0.1, 0.15) is 78.7 Å². The first-order valence-electron chi connectivity index (χ1n) is 14.9. The van der Waals surface area contributed by atoms with Gasteiger partial charge in [0.05, 0.1) is 29.8 Å². The van der Waals surface area contributed by atoms with Gasteiger partial charge in [-0.25, -0.2) is 9.59 Å². The van der Waals surface area contributed by atoms with Gasteiger partial charge in [0.2, 0.25) is 0 Å². The number of methoxy groups -OCH3 is 1. The van der Waals surface area contributed by atoms with Gasteiger partial charge in [-0.1, -0.05) is 32.0 Å². The van der Waals surface area contributed by atoms with E-state index < -0.39 is 53.3 Å². The third-order valence-electron chi connectivity index (χ3n) is 8.83. The predicted molar refractivity (Wildman–Crippen MR) is 162 cm³/mol. The molecule has 0 aromatic heterocycles. The number of halogens is 6. The van der Waals surface area contributed by atoms with Gasteiger partial charge in [0.15, 0.2) is 0 Å². The van der Waals surface area contributed by atoms with Crippen LogP contribution < -0.4 is 4.74 Å². The SMILES string of the molecule is COc1ccc(-c2cccc(C(=O)O)c2)cc1C1=C(CN2C(=O)O[C@H](c3cc(C(F)(F)F)cc(C(F)(F)F)c3)[C@@H]2C)CC(C)(C)CC1. The van der Waals surface area contributed by atoms with Crippen LogP contribution in [0.25, 0.3) is 16.7 Å². The number of ether oxygens (including phenoxy) is 2. The van der Waals surface area contributed by atoms with Crippen LogP contribution in [0.5, 0.6) is 5.75 Å². The van der Waals surface area contributed by atoms with Crippen LogP contribution >= 0.6 is 0 Å². The maximum atomic E-state index is 13.6. The van der Waals surface area contributed by atoms with Crippen LogP contribution in [-0.2, 0) is 17.1 Å². The van der Waals surface area contributed by atoms with E-state index in [4.69, 9.17) is 9.47 Å². The monoisotopic (exact) mass is 661 g/mol. The molecule has 1 saturated heterocycles. The Morgan fingerprint density at radius 2 is 1.62 bits per heavy atom. The Kier molecular flexibility index (Phi) is 8.85. The number of amides is 1. The second-order valence-electron chi connectivity index (χ2n) is 12.7. The third-order valence-corrected chi connectivity index (χ3v) is 8.83. The summed E-state index contributed by atoms with van der Waals surface area (Å²) in [5.41, 5.74) is 0.470. The van der Waals surface area contributed by atoms with Crippen LogP contribution in [0.4, 0.5) is 31.1 Å². The van der Waals surface area contributed by atoms with E-state index in [-0.39, 0.29) is 23.6 Å². The molecule has 1 aliphatic carbocycles. The molecule has 1 heterocycles. The topological polar surface area (TPSA) is 76.1 Å². The molecule has 6 nitrogen and oxygen atoms in total. The van der Waals surface area contributed by atoms with Crippen molar-refractivity contribution in [2.45, 2.75) is 64.5 Å². The summed E-state index contributed by atoms with van der Waals surface area (Å²) in [5.74, 6) is -0.515. The number of rotatable bonds is 7. The third kappa shape index (κ3) is 7.11. The van der Waals surface area contributed by atoms with E-state index in [2.05, 4.69) is 13.8 Å². The summed E-state index contributed by atoms with van der Waals surface area (Å²) in [6, 6.07) is 12.3. The predicted octanol–water partition coefficient (Wildman–Crippen LogP) is 9.64. The molecule has 12 heteroatoms. The molecule has 250 valence electrons. The molecule has 1 aliphatic heterocycles. The highest BCUT2D eigenvalue weighted by molar-refractivity contribution is 5.90. The lowest BCUT2D eigenvalue weighted by atomic mass is 9.72. The highest BCUT2D eigenvalue weighted by atomic mass is 19.4.